The molecule has 3 rings (SSSR count). The van der Waals surface area contributed by atoms with Crippen LogP contribution in [0.4, 0.5) is 0 Å². The molecule has 0 unspecified atom stereocenters. The number of rotatable bonds is 8. The summed E-state index contributed by atoms with van der Waals surface area (Å²) in [6.07, 6.45) is 1.56. The molecule has 27 heavy (non-hydrogen) atoms. The third-order valence-corrected chi connectivity index (χ3v) is 4.26. The molecular weight excluding hydrogens is 370 g/mol. The molecule has 7 nitrogen and oxygen atoms in total. The number of hydrogen-bond acceptors (Lipinski definition) is 5. The van der Waals surface area contributed by atoms with Crippen molar-refractivity contribution in [2.24, 2.45) is 0 Å². The summed E-state index contributed by atoms with van der Waals surface area (Å²) in [5.74, 6) is 1.87. The number of aryl methyl sites for hydroxylation is 1. The highest BCUT2D eigenvalue weighted by Crippen LogP contribution is 2.19. The Labute approximate surface area is 161 Å². The number of amides is 1. The number of carbonyl (C=O) groups is 1. The van der Waals surface area contributed by atoms with E-state index in [9.17, 15) is 4.79 Å². The molecule has 0 aliphatic rings. The zero-order chi connectivity index (χ0) is 19.2. The highest BCUT2D eigenvalue weighted by atomic mass is 35.5. The summed E-state index contributed by atoms with van der Waals surface area (Å²) in [7, 11) is 1.61. The Morgan fingerprint density at radius 1 is 1.22 bits per heavy atom. The topological polar surface area (TPSA) is 78.5 Å². The van der Waals surface area contributed by atoms with Gasteiger partial charge in [0, 0.05) is 6.54 Å². The summed E-state index contributed by atoms with van der Waals surface area (Å²) in [6, 6.07) is 10.5. The van der Waals surface area contributed by atoms with Gasteiger partial charge in [0.25, 0.3) is 5.91 Å². The van der Waals surface area contributed by atoms with Crippen LogP contribution in [0.25, 0.3) is 0 Å². The minimum Gasteiger partial charge on any atom is -0.497 e. The number of nitrogens with one attached hydrogen (secondary N) is 1. The molecule has 0 radical (unpaired) electrons. The second-order valence-corrected chi connectivity index (χ2v) is 6.08. The molecule has 2 heterocycles. The van der Waals surface area contributed by atoms with Crippen molar-refractivity contribution in [3.8, 4) is 11.5 Å². The van der Waals surface area contributed by atoms with Crippen LogP contribution in [-0.4, -0.2) is 22.8 Å². The molecule has 3 aromatic rings. The number of benzene rings is 1. The van der Waals surface area contributed by atoms with Crippen molar-refractivity contribution in [3.05, 3.63) is 64.8 Å². The first kappa shape index (κ1) is 18.8. The fraction of sp³-hybridized carbons (Fsp3) is 0.263. The maximum atomic E-state index is 12.3. The molecule has 8 heteroatoms. The first-order chi connectivity index (χ1) is 13.1. The minimum atomic E-state index is -0.328. The molecule has 2 aromatic heterocycles. The lowest BCUT2D eigenvalue weighted by atomic mass is 10.3. The maximum absolute atomic E-state index is 12.3. The van der Waals surface area contributed by atoms with Gasteiger partial charge in [-0.3, -0.25) is 9.48 Å². The van der Waals surface area contributed by atoms with Crippen molar-refractivity contribution in [1.82, 2.24) is 15.1 Å². The van der Waals surface area contributed by atoms with Crippen LogP contribution in [0.2, 0.25) is 5.02 Å². The minimum absolute atomic E-state index is 0.210. The number of halogens is 1. The van der Waals surface area contributed by atoms with Crippen molar-refractivity contribution in [3.63, 3.8) is 0 Å². The maximum Gasteiger partial charge on any atom is 0.287 e. The molecule has 142 valence electrons. The molecule has 0 atom stereocenters. The van der Waals surface area contributed by atoms with Crippen molar-refractivity contribution in [1.29, 1.82) is 0 Å². The largest absolute Gasteiger partial charge is 0.497 e. The van der Waals surface area contributed by atoms with Crippen molar-refractivity contribution < 1.29 is 18.7 Å². The summed E-state index contributed by atoms with van der Waals surface area (Å²) >= 11 is 6.09. The van der Waals surface area contributed by atoms with Crippen LogP contribution in [-0.2, 0) is 19.7 Å². The average molecular weight is 390 g/mol. The Morgan fingerprint density at radius 3 is 2.67 bits per heavy atom. The van der Waals surface area contributed by atoms with E-state index in [4.69, 9.17) is 25.5 Å². The van der Waals surface area contributed by atoms with Crippen molar-refractivity contribution in [2.75, 3.05) is 7.11 Å². The van der Waals surface area contributed by atoms with Gasteiger partial charge in [-0.05, 0) is 43.3 Å². The molecule has 0 saturated heterocycles. The number of ether oxygens (including phenoxy) is 2. The number of methoxy groups -OCH3 is 1. The lowest BCUT2D eigenvalue weighted by molar-refractivity contribution is 0.0918. The molecule has 0 saturated carbocycles. The molecule has 0 aliphatic heterocycles. The summed E-state index contributed by atoms with van der Waals surface area (Å²) in [6.45, 7) is 3.11. The van der Waals surface area contributed by atoms with Crippen LogP contribution < -0.4 is 14.8 Å². The van der Waals surface area contributed by atoms with Crippen LogP contribution in [0.5, 0.6) is 11.5 Å². The number of nitrogens with zero attached hydrogens (tertiary/aromatic N) is 2. The highest BCUT2D eigenvalue weighted by Gasteiger charge is 2.14. The molecule has 0 spiro atoms. The lowest BCUT2D eigenvalue weighted by Crippen LogP contribution is -2.24. The summed E-state index contributed by atoms with van der Waals surface area (Å²) < 4.78 is 18.0. The Kier molecular flexibility index (Phi) is 6.03. The van der Waals surface area contributed by atoms with Gasteiger partial charge in [0.2, 0.25) is 0 Å². The molecular formula is C19H20ClN3O4. The van der Waals surface area contributed by atoms with E-state index in [2.05, 4.69) is 10.4 Å². The van der Waals surface area contributed by atoms with E-state index in [1.807, 2.05) is 19.1 Å². The second-order valence-electron chi connectivity index (χ2n) is 5.67. The monoisotopic (exact) mass is 389 g/mol. The Hall–Kier alpha value is -2.93. The zero-order valence-electron chi connectivity index (χ0n) is 15.1. The number of aromatic nitrogens is 2. The van der Waals surface area contributed by atoms with Crippen LogP contribution in [0, 0.1) is 0 Å². The molecule has 0 fully saturated rings. The normalized spacial score (nSPS) is 10.6. The van der Waals surface area contributed by atoms with Gasteiger partial charge in [0.05, 0.1) is 30.6 Å². The summed E-state index contributed by atoms with van der Waals surface area (Å²) in [5.41, 5.74) is 0.752. The predicted octanol–water partition coefficient (Wildman–Crippen LogP) is 3.67. The number of hydrogen-bond donors (Lipinski definition) is 1. The van der Waals surface area contributed by atoms with E-state index in [1.165, 1.54) is 0 Å². The van der Waals surface area contributed by atoms with Gasteiger partial charge in [-0.2, -0.15) is 5.10 Å². The molecule has 0 aliphatic carbocycles. The Morgan fingerprint density at radius 2 is 1.96 bits per heavy atom. The Balaban J connectivity index is 1.54. The second kappa shape index (κ2) is 8.64. The van der Waals surface area contributed by atoms with Gasteiger partial charge in [0.1, 0.15) is 23.9 Å². The lowest BCUT2D eigenvalue weighted by Gasteiger charge is -2.07. The fourth-order valence-corrected chi connectivity index (χ4v) is 2.70. The predicted molar refractivity (Wildman–Crippen MR) is 100 cm³/mol. The van der Waals surface area contributed by atoms with E-state index in [1.54, 1.807) is 42.3 Å². The SMILES string of the molecule is CCn1ncc(Cl)c1CNC(=O)c1ccc(COc2ccc(OC)cc2)o1. The first-order valence-corrected chi connectivity index (χ1v) is 8.82. The number of furan rings is 1. The fourth-order valence-electron chi connectivity index (χ4n) is 2.49. The summed E-state index contributed by atoms with van der Waals surface area (Å²) in [4.78, 5) is 12.3. The van der Waals surface area contributed by atoms with Crippen molar-refractivity contribution >= 4 is 17.5 Å². The first-order valence-electron chi connectivity index (χ1n) is 8.44. The molecule has 1 amide bonds. The van der Waals surface area contributed by atoms with E-state index < -0.39 is 0 Å². The van der Waals surface area contributed by atoms with Gasteiger partial charge >= 0.3 is 0 Å². The average Bonchev–Trinajstić information content (AvgIpc) is 3.31. The number of carbonyl (C=O) groups excluding carboxylic acids is 1. The third-order valence-electron chi connectivity index (χ3n) is 3.94. The van der Waals surface area contributed by atoms with E-state index in [0.717, 1.165) is 11.4 Å². The quantitative estimate of drug-likeness (QED) is 0.636. The molecule has 1 aromatic carbocycles. The van der Waals surface area contributed by atoms with E-state index in [-0.39, 0.29) is 24.8 Å². The summed E-state index contributed by atoms with van der Waals surface area (Å²) in [5, 5.41) is 7.44. The van der Waals surface area contributed by atoms with Gasteiger partial charge < -0.3 is 19.2 Å². The van der Waals surface area contributed by atoms with Gasteiger partial charge in [-0.25, -0.2) is 0 Å². The van der Waals surface area contributed by atoms with Gasteiger partial charge in [-0.1, -0.05) is 11.6 Å². The van der Waals surface area contributed by atoms with Crippen LogP contribution >= 0.6 is 11.6 Å². The van der Waals surface area contributed by atoms with Gasteiger partial charge in [-0.15, -0.1) is 0 Å². The van der Waals surface area contributed by atoms with Crippen LogP contribution in [0.15, 0.2) is 47.0 Å². The zero-order valence-corrected chi connectivity index (χ0v) is 15.8. The van der Waals surface area contributed by atoms with Crippen LogP contribution in [0.3, 0.4) is 0 Å². The smallest absolute Gasteiger partial charge is 0.287 e. The van der Waals surface area contributed by atoms with Gasteiger partial charge in [0.15, 0.2) is 5.76 Å². The molecule has 1 N–H and O–H groups in total. The standard InChI is InChI=1S/C19H20ClN3O4/c1-3-23-17(16(20)10-22-23)11-21-19(24)18-9-8-15(27-18)12-26-14-6-4-13(25-2)5-7-14/h4-10H,3,11-12H2,1-2H3,(H,21,24). The highest BCUT2D eigenvalue weighted by molar-refractivity contribution is 6.31. The van der Waals surface area contributed by atoms with E-state index >= 15 is 0 Å². The Bertz CT molecular complexity index is 902. The van der Waals surface area contributed by atoms with Crippen LogP contribution in [0.1, 0.15) is 28.9 Å². The molecule has 0 bridgehead atoms. The van der Waals surface area contributed by atoms with E-state index in [0.29, 0.717) is 23.1 Å². The third kappa shape index (κ3) is 4.62. The van der Waals surface area contributed by atoms with Crippen molar-refractivity contribution in [2.45, 2.75) is 26.6 Å².